The Morgan fingerprint density at radius 3 is 2.45 bits per heavy atom. The van der Waals surface area contributed by atoms with Gasteiger partial charge in [0.15, 0.2) is 0 Å². The van der Waals surface area contributed by atoms with E-state index in [1.54, 1.807) is 0 Å². The van der Waals surface area contributed by atoms with Crippen LogP contribution >= 0.6 is 12.6 Å². The van der Waals surface area contributed by atoms with Crippen LogP contribution in [0.25, 0.3) is 0 Å². The Bertz CT molecular complexity index is 431. The normalized spacial score (nSPS) is 23.6. The summed E-state index contributed by atoms with van der Waals surface area (Å²) in [5.41, 5.74) is 5.71. The number of thiol groups is 1. The average Bonchev–Trinajstić information content (AvgIpc) is 2.88. The van der Waals surface area contributed by atoms with Crippen LogP contribution in [0, 0.1) is 5.92 Å². The lowest BCUT2D eigenvalue weighted by molar-refractivity contribution is -0.155. The van der Waals surface area contributed by atoms with Gasteiger partial charge >= 0.3 is 11.9 Å². The zero-order valence-corrected chi connectivity index (χ0v) is 13.8. The minimum Gasteiger partial charge on any atom is -0.481 e. The van der Waals surface area contributed by atoms with Crippen molar-refractivity contribution >= 4 is 30.5 Å². The van der Waals surface area contributed by atoms with E-state index in [1.807, 2.05) is 0 Å². The molecule has 1 saturated carbocycles. The van der Waals surface area contributed by atoms with Crippen molar-refractivity contribution in [3.63, 3.8) is 0 Å². The largest absolute Gasteiger partial charge is 0.481 e. The second kappa shape index (κ2) is 8.38. The topological polar surface area (TPSA) is 110 Å². The first kappa shape index (κ1) is 18.8. The van der Waals surface area contributed by atoms with Gasteiger partial charge in [-0.25, -0.2) is 4.79 Å². The first-order chi connectivity index (χ1) is 10.3. The van der Waals surface area contributed by atoms with E-state index in [-0.39, 0.29) is 11.8 Å². The van der Waals surface area contributed by atoms with Crippen LogP contribution in [-0.2, 0) is 19.1 Å². The van der Waals surface area contributed by atoms with Crippen molar-refractivity contribution in [1.82, 2.24) is 4.90 Å². The van der Waals surface area contributed by atoms with Crippen LogP contribution in [0.15, 0.2) is 0 Å². The third-order valence-corrected chi connectivity index (χ3v) is 4.35. The summed E-state index contributed by atoms with van der Waals surface area (Å²) in [5, 5.41) is 8.82. The lowest BCUT2D eigenvalue weighted by Gasteiger charge is -2.36. The number of hydrogen-bond donors (Lipinski definition) is 3. The Morgan fingerprint density at radius 2 is 2.05 bits per heavy atom. The van der Waals surface area contributed by atoms with Crippen molar-refractivity contribution in [2.45, 2.75) is 50.7 Å². The maximum absolute atomic E-state index is 12.6. The molecule has 1 aliphatic rings. The van der Waals surface area contributed by atoms with Gasteiger partial charge in [-0.1, -0.05) is 6.92 Å². The summed E-state index contributed by atoms with van der Waals surface area (Å²) in [7, 11) is 1.25. The van der Waals surface area contributed by atoms with E-state index in [2.05, 4.69) is 19.6 Å². The molecule has 0 aromatic carbocycles. The van der Waals surface area contributed by atoms with Crippen LogP contribution in [0.1, 0.15) is 32.6 Å². The van der Waals surface area contributed by atoms with Gasteiger partial charge in [0.25, 0.3) is 0 Å². The Hall–Kier alpha value is -1.28. The number of esters is 1. The molecule has 0 bridgehead atoms. The smallest absolute Gasteiger partial charge is 0.329 e. The van der Waals surface area contributed by atoms with Gasteiger partial charge < -0.3 is 20.5 Å². The Morgan fingerprint density at radius 1 is 1.41 bits per heavy atom. The number of carbonyl (C=O) groups is 3. The van der Waals surface area contributed by atoms with Crippen LogP contribution in [0.4, 0.5) is 0 Å². The minimum absolute atomic E-state index is 0.100. The van der Waals surface area contributed by atoms with Gasteiger partial charge in [-0.3, -0.25) is 9.59 Å². The number of aliphatic carboxylic acids is 1. The average molecular weight is 332 g/mol. The predicted molar refractivity (Wildman–Crippen MR) is 83.5 cm³/mol. The van der Waals surface area contributed by atoms with Gasteiger partial charge in [0.05, 0.1) is 19.6 Å². The van der Waals surface area contributed by atoms with Crippen molar-refractivity contribution in [2.24, 2.45) is 11.7 Å². The summed E-state index contributed by atoms with van der Waals surface area (Å²) >= 11 is 4.14. The lowest BCUT2D eigenvalue weighted by Crippen LogP contribution is -2.56. The van der Waals surface area contributed by atoms with E-state index in [4.69, 9.17) is 15.6 Å². The number of methoxy groups -OCH3 is 1. The number of nitrogens with zero attached hydrogens (tertiary/aromatic N) is 1. The first-order valence-corrected chi connectivity index (χ1v) is 7.93. The molecule has 1 rings (SSSR count). The first-order valence-electron chi connectivity index (χ1n) is 7.30. The highest BCUT2D eigenvalue weighted by atomic mass is 32.1. The monoisotopic (exact) mass is 332 g/mol. The Kier molecular flexibility index (Phi) is 7.15. The standard InChI is InChI=1S/C14H24N2O5S/c1-8-3-4-9(5-8)16(11(7-22)14(20)21-2)13(19)10(15)6-12(17)18/h8-11,22H,3-7,15H2,1-2H3,(H,17,18)/t8?,9-,10-,11-/m0/s1. The van der Waals surface area contributed by atoms with Crippen molar-refractivity contribution in [3.05, 3.63) is 0 Å². The highest BCUT2D eigenvalue weighted by Crippen LogP contribution is 2.31. The fourth-order valence-electron chi connectivity index (χ4n) is 2.90. The minimum atomic E-state index is -1.18. The van der Waals surface area contributed by atoms with E-state index < -0.39 is 36.4 Å². The molecule has 126 valence electrons. The fourth-order valence-corrected chi connectivity index (χ4v) is 3.22. The van der Waals surface area contributed by atoms with Gasteiger partial charge in [0.1, 0.15) is 6.04 Å². The molecule has 0 heterocycles. The summed E-state index contributed by atoms with van der Waals surface area (Å²) in [4.78, 5) is 36.7. The maximum Gasteiger partial charge on any atom is 0.329 e. The number of carboxylic acids is 1. The van der Waals surface area contributed by atoms with E-state index in [0.717, 1.165) is 19.3 Å². The second-order valence-corrected chi connectivity index (χ2v) is 6.11. The molecule has 0 aromatic rings. The molecule has 1 amide bonds. The van der Waals surface area contributed by atoms with Gasteiger partial charge in [0, 0.05) is 11.8 Å². The van der Waals surface area contributed by atoms with Crippen LogP contribution in [0.3, 0.4) is 0 Å². The number of rotatable bonds is 7. The lowest BCUT2D eigenvalue weighted by atomic mass is 10.1. The zero-order valence-electron chi connectivity index (χ0n) is 12.9. The Labute approximate surface area is 135 Å². The summed E-state index contributed by atoms with van der Waals surface area (Å²) in [6.45, 7) is 2.08. The molecule has 1 fully saturated rings. The van der Waals surface area contributed by atoms with E-state index >= 15 is 0 Å². The predicted octanol–water partition coefficient (Wildman–Crippen LogP) is 0.277. The summed E-state index contributed by atoms with van der Waals surface area (Å²) in [6, 6.07) is -2.17. The highest BCUT2D eigenvalue weighted by molar-refractivity contribution is 7.80. The van der Waals surface area contributed by atoms with Crippen molar-refractivity contribution in [1.29, 1.82) is 0 Å². The molecule has 0 spiro atoms. The van der Waals surface area contributed by atoms with E-state index in [9.17, 15) is 14.4 Å². The molecule has 0 aliphatic heterocycles. The third kappa shape index (κ3) is 4.61. The number of amides is 1. The third-order valence-electron chi connectivity index (χ3n) is 4.01. The molecule has 3 N–H and O–H groups in total. The highest BCUT2D eigenvalue weighted by Gasteiger charge is 2.40. The number of nitrogens with two attached hydrogens (primary N) is 1. The summed E-state index contributed by atoms with van der Waals surface area (Å²) in [6.07, 6.45) is 1.99. The molecule has 22 heavy (non-hydrogen) atoms. The van der Waals surface area contributed by atoms with Crippen molar-refractivity contribution in [2.75, 3.05) is 12.9 Å². The quantitative estimate of drug-likeness (QED) is 0.456. The van der Waals surface area contributed by atoms with Gasteiger partial charge in [-0.15, -0.1) is 0 Å². The van der Waals surface area contributed by atoms with E-state index in [1.165, 1.54) is 12.0 Å². The molecular weight excluding hydrogens is 308 g/mol. The van der Waals surface area contributed by atoms with E-state index in [0.29, 0.717) is 5.92 Å². The zero-order chi connectivity index (χ0) is 16.9. The van der Waals surface area contributed by atoms with Gasteiger partial charge in [-0.2, -0.15) is 12.6 Å². The molecule has 0 aromatic heterocycles. The van der Waals surface area contributed by atoms with Gasteiger partial charge in [0.2, 0.25) is 5.91 Å². The number of carboxylic acid groups (broad SMARTS) is 1. The summed E-state index contributed by atoms with van der Waals surface area (Å²) < 4.78 is 4.74. The van der Waals surface area contributed by atoms with Gasteiger partial charge in [-0.05, 0) is 25.2 Å². The number of carbonyl (C=O) groups excluding carboxylic acids is 2. The Balaban J connectivity index is 3.01. The maximum atomic E-state index is 12.6. The van der Waals surface area contributed by atoms with Crippen LogP contribution < -0.4 is 5.73 Å². The molecule has 8 heteroatoms. The molecule has 1 unspecified atom stereocenters. The van der Waals surface area contributed by atoms with Crippen LogP contribution in [-0.4, -0.2) is 58.8 Å². The molecule has 1 aliphatic carbocycles. The number of hydrogen-bond acceptors (Lipinski definition) is 6. The second-order valence-electron chi connectivity index (χ2n) is 5.74. The van der Waals surface area contributed by atoms with Crippen molar-refractivity contribution < 1.29 is 24.2 Å². The van der Waals surface area contributed by atoms with Crippen LogP contribution in [0.5, 0.6) is 0 Å². The van der Waals surface area contributed by atoms with Crippen molar-refractivity contribution in [3.8, 4) is 0 Å². The fraction of sp³-hybridized carbons (Fsp3) is 0.786. The van der Waals surface area contributed by atoms with Crippen LogP contribution in [0.2, 0.25) is 0 Å². The number of ether oxygens (including phenoxy) is 1. The molecule has 7 nitrogen and oxygen atoms in total. The molecular formula is C14H24N2O5S. The molecule has 0 saturated heterocycles. The SMILES string of the molecule is COC(=O)[C@H](CS)N(C(=O)[C@@H](N)CC(=O)O)[C@H]1CCC(C)C1. The summed E-state index contributed by atoms with van der Waals surface area (Å²) in [5.74, 6) is -1.71. The molecule has 0 radical (unpaired) electrons. The molecule has 4 atom stereocenters.